The highest BCUT2D eigenvalue weighted by molar-refractivity contribution is 5.98. The van der Waals surface area contributed by atoms with Crippen LogP contribution in [0.1, 0.15) is 63.9 Å². The summed E-state index contributed by atoms with van der Waals surface area (Å²) in [5.74, 6) is -2.35. The number of halogens is 1. The third-order valence-corrected chi connectivity index (χ3v) is 5.40. The van der Waals surface area contributed by atoms with E-state index in [1.54, 1.807) is 41.5 Å². The lowest BCUT2D eigenvalue weighted by Gasteiger charge is -2.34. The zero-order valence-corrected chi connectivity index (χ0v) is 23.2. The summed E-state index contributed by atoms with van der Waals surface area (Å²) in [5, 5.41) is 16.7. The number of hydrogen-bond acceptors (Lipinski definition) is 6. The van der Waals surface area contributed by atoms with Gasteiger partial charge in [-0.2, -0.15) is 0 Å². The molecule has 0 aromatic heterocycles. The van der Waals surface area contributed by atoms with Crippen LogP contribution in [0.2, 0.25) is 0 Å². The van der Waals surface area contributed by atoms with E-state index in [9.17, 15) is 28.9 Å². The molecule has 39 heavy (non-hydrogen) atoms. The summed E-state index contributed by atoms with van der Waals surface area (Å²) < 4.78 is 20.0. The predicted octanol–water partition coefficient (Wildman–Crippen LogP) is 4.62. The van der Waals surface area contributed by atoms with Crippen LogP contribution in [-0.4, -0.2) is 58.0 Å². The highest BCUT2D eigenvalue weighted by atomic mass is 19.1. The van der Waals surface area contributed by atoms with Crippen LogP contribution in [0.4, 0.5) is 14.9 Å². The van der Waals surface area contributed by atoms with E-state index >= 15 is 0 Å². The van der Waals surface area contributed by atoms with E-state index in [-0.39, 0.29) is 19.5 Å². The minimum Gasteiger partial charge on any atom is -0.444 e. The van der Waals surface area contributed by atoms with E-state index in [1.165, 1.54) is 0 Å². The highest BCUT2D eigenvalue weighted by Crippen LogP contribution is 2.21. The van der Waals surface area contributed by atoms with Crippen molar-refractivity contribution in [2.24, 2.45) is 0 Å². The summed E-state index contributed by atoms with van der Waals surface area (Å²) in [7, 11) is 0. The number of ether oxygens (including phenoxy) is 1. The van der Waals surface area contributed by atoms with Crippen molar-refractivity contribution in [3.05, 3.63) is 75.6 Å². The molecule has 2 rings (SSSR count). The lowest BCUT2D eigenvalue weighted by Crippen LogP contribution is -2.55. The Morgan fingerprint density at radius 3 is 2.26 bits per heavy atom. The summed E-state index contributed by atoms with van der Waals surface area (Å²) >= 11 is 0. The van der Waals surface area contributed by atoms with Crippen LogP contribution in [0.25, 0.3) is 0 Å². The average molecular weight is 545 g/mol. The predicted molar refractivity (Wildman–Crippen MR) is 145 cm³/mol. The molecule has 0 bridgehead atoms. The summed E-state index contributed by atoms with van der Waals surface area (Å²) in [6.07, 6.45) is -0.124. The fourth-order valence-electron chi connectivity index (χ4n) is 3.77. The van der Waals surface area contributed by atoms with Gasteiger partial charge < -0.3 is 20.3 Å². The van der Waals surface area contributed by atoms with Crippen LogP contribution < -0.4 is 10.6 Å². The number of benzene rings is 2. The number of non-ortho nitro benzene ring substituents is 1. The second-order valence-electron chi connectivity index (χ2n) is 11.1. The SMILES string of the molecule is CC(C)(C)NC(=O)C(CCc1ccccc1)N(CCNC(=O)OC(C)(C)C)C(=O)c1cc([N+](=O)[O-])ccc1F. The van der Waals surface area contributed by atoms with Crippen LogP contribution in [0.5, 0.6) is 0 Å². The molecule has 0 saturated carbocycles. The van der Waals surface area contributed by atoms with Crippen molar-refractivity contribution in [2.75, 3.05) is 13.1 Å². The first-order valence-electron chi connectivity index (χ1n) is 12.6. The number of nitro groups is 1. The molecule has 0 fully saturated rings. The molecule has 212 valence electrons. The molecule has 0 aliphatic carbocycles. The Bertz CT molecular complexity index is 1170. The number of nitrogens with zero attached hydrogens (tertiary/aromatic N) is 2. The zero-order chi connectivity index (χ0) is 29.4. The molecule has 11 heteroatoms. The Morgan fingerprint density at radius 2 is 1.69 bits per heavy atom. The van der Waals surface area contributed by atoms with Crippen LogP contribution in [0, 0.1) is 15.9 Å². The fourth-order valence-corrected chi connectivity index (χ4v) is 3.77. The highest BCUT2D eigenvalue weighted by Gasteiger charge is 2.34. The van der Waals surface area contributed by atoms with Gasteiger partial charge in [0, 0.05) is 30.8 Å². The van der Waals surface area contributed by atoms with Crippen molar-refractivity contribution in [2.45, 2.75) is 71.6 Å². The van der Waals surface area contributed by atoms with E-state index in [1.807, 2.05) is 30.3 Å². The van der Waals surface area contributed by atoms with E-state index in [4.69, 9.17) is 4.74 Å². The topological polar surface area (TPSA) is 131 Å². The molecular weight excluding hydrogens is 507 g/mol. The van der Waals surface area contributed by atoms with E-state index in [0.717, 1.165) is 28.7 Å². The fraction of sp³-hybridized carbons (Fsp3) is 0.464. The summed E-state index contributed by atoms with van der Waals surface area (Å²) in [5.41, 5.74) is -1.48. The Labute approximate surface area is 228 Å². The van der Waals surface area contributed by atoms with Crippen molar-refractivity contribution >= 4 is 23.6 Å². The van der Waals surface area contributed by atoms with Crippen LogP contribution in [0.15, 0.2) is 48.5 Å². The summed E-state index contributed by atoms with van der Waals surface area (Å²) in [6.45, 7) is 10.2. The monoisotopic (exact) mass is 544 g/mol. The number of carbonyl (C=O) groups is 3. The maximum atomic E-state index is 14.8. The first kappa shape index (κ1) is 31.2. The number of carbonyl (C=O) groups excluding carboxylic acids is 3. The molecule has 3 amide bonds. The summed E-state index contributed by atoms with van der Waals surface area (Å²) in [4.78, 5) is 51.1. The third kappa shape index (κ3) is 10.3. The second kappa shape index (κ2) is 13.2. The van der Waals surface area contributed by atoms with Crippen molar-refractivity contribution in [1.29, 1.82) is 0 Å². The number of amides is 3. The molecule has 2 N–H and O–H groups in total. The molecule has 0 spiro atoms. The van der Waals surface area contributed by atoms with Gasteiger partial charge in [-0.1, -0.05) is 30.3 Å². The molecule has 1 atom stereocenters. The molecule has 2 aromatic carbocycles. The lowest BCUT2D eigenvalue weighted by molar-refractivity contribution is -0.384. The smallest absolute Gasteiger partial charge is 0.407 e. The van der Waals surface area contributed by atoms with Gasteiger partial charge in [-0.25, -0.2) is 9.18 Å². The Balaban J connectivity index is 2.46. The van der Waals surface area contributed by atoms with Crippen LogP contribution in [-0.2, 0) is 16.0 Å². The minimum absolute atomic E-state index is 0.109. The van der Waals surface area contributed by atoms with Gasteiger partial charge in [-0.05, 0) is 66.0 Å². The van der Waals surface area contributed by atoms with E-state index in [2.05, 4.69) is 10.6 Å². The Hall–Kier alpha value is -4.02. The van der Waals surface area contributed by atoms with Gasteiger partial charge in [-0.3, -0.25) is 19.7 Å². The maximum Gasteiger partial charge on any atom is 0.407 e. The Kier molecular flexibility index (Phi) is 10.5. The second-order valence-corrected chi connectivity index (χ2v) is 11.1. The standard InChI is InChI=1S/C28H37FN4O6/c1-27(2,3)31-24(34)23(15-12-19-10-8-7-9-11-19)32(17-16-30-26(36)39-28(4,5)6)25(35)21-18-20(33(37)38)13-14-22(21)29/h7-11,13-14,18,23H,12,15-17H2,1-6H3,(H,30,36)(H,31,34). The molecule has 0 saturated heterocycles. The van der Waals surface area contributed by atoms with Crippen LogP contribution >= 0.6 is 0 Å². The number of nitrogens with one attached hydrogen (secondary N) is 2. The minimum atomic E-state index is -1.07. The molecule has 0 radical (unpaired) electrons. The van der Waals surface area contributed by atoms with Crippen molar-refractivity contribution in [1.82, 2.24) is 15.5 Å². The van der Waals surface area contributed by atoms with E-state index < -0.39 is 57.1 Å². The van der Waals surface area contributed by atoms with Crippen molar-refractivity contribution in [3.63, 3.8) is 0 Å². The molecule has 2 aromatic rings. The van der Waals surface area contributed by atoms with E-state index in [0.29, 0.717) is 6.42 Å². The van der Waals surface area contributed by atoms with Crippen molar-refractivity contribution < 1.29 is 28.4 Å². The van der Waals surface area contributed by atoms with Crippen molar-refractivity contribution in [3.8, 4) is 0 Å². The third-order valence-electron chi connectivity index (χ3n) is 5.40. The quantitative estimate of drug-likeness (QED) is 0.332. The number of nitro benzene ring substituents is 1. The first-order valence-corrected chi connectivity index (χ1v) is 12.6. The first-order chi connectivity index (χ1) is 18.1. The van der Waals surface area contributed by atoms with Gasteiger partial charge in [0.1, 0.15) is 17.5 Å². The lowest BCUT2D eigenvalue weighted by atomic mass is 10.0. The largest absolute Gasteiger partial charge is 0.444 e. The number of rotatable bonds is 10. The average Bonchev–Trinajstić information content (AvgIpc) is 2.81. The van der Waals surface area contributed by atoms with Gasteiger partial charge in [0.2, 0.25) is 5.91 Å². The van der Waals surface area contributed by atoms with Gasteiger partial charge in [0.15, 0.2) is 0 Å². The van der Waals surface area contributed by atoms with Gasteiger partial charge in [0.05, 0.1) is 10.5 Å². The zero-order valence-electron chi connectivity index (χ0n) is 23.2. The molecule has 10 nitrogen and oxygen atoms in total. The molecule has 0 aliphatic rings. The Morgan fingerprint density at radius 1 is 1.05 bits per heavy atom. The van der Waals surface area contributed by atoms with Crippen LogP contribution in [0.3, 0.4) is 0 Å². The normalized spacial score (nSPS) is 12.3. The number of alkyl carbamates (subject to hydrolysis) is 1. The summed E-state index contributed by atoms with van der Waals surface area (Å²) in [6, 6.07) is 10.9. The molecule has 0 aliphatic heterocycles. The van der Waals surface area contributed by atoms with Gasteiger partial charge >= 0.3 is 6.09 Å². The number of aryl methyl sites for hydroxylation is 1. The van der Waals surface area contributed by atoms with Gasteiger partial charge in [0.25, 0.3) is 11.6 Å². The number of hydrogen-bond donors (Lipinski definition) is 2. The maximum absolute atomic E-state index is 14.8. The molecule has 1 unspecified atom stereocenters. The van der Waals surface area contributed by atoms with Gasteiger partial charge in [-0.15, -0.1) is 0 Å². The molecule has 0 heterocycles. The molecular formula is C28H37FN4O6.